The van der Waals surface area contributed by atoms with Crippen molar-refractivity contribution in [3.63, 3.8) is 0 Å². The van der Waals surface area contributed by atoms with E-state index in [-0.39, 0.29) is 37.3 Å². The molecule has 1 amide bonds. The summed E-state index contributed by atoms with van der Waals surface area (Å²) in [5.41, 5.74) is 5.84. The number of aliphatic hydroxyl groups excluding tert-OH is 1. The smallest absolute Gasteiger partial charge is 0.271 e. The molecule has 1 saturated heterocycles. The van der Waals surface area contributed by atoms with Crippen LogP contribution in [0, 0.1) is 27.7 Å². The molecule has 10 heteroatoms. The molecule has 1 aliphatic rings. The Hall–Kier alpha value is -2.78. The number of hydrogen-bond acceptors (Lipinski definition) is 6. The van der Waals surface area contributed by atoms with Gasteiger partial charge < -0.3 is 20.1 Å². The molecule has 38 heavy (non-hydrogen) atoms. The zero-order valence-corrected chi connectivity index (χ0v) is 24.4. The zero-order valence-electron chi connectivity index (χ0n) is 22.7. The SMILES string of the molecule is COc1ccccc1-n1c(C)nc(C(=O)NCC(O)CN2CCN(c3cccc(C)c3C)CC2)c1C.Cl.Cl. The van der Waals surface area contributed by atoms with Gasteiger partial charge in [-0.05, 0) is 57.0 Å². The van der Waals surface area contributed by atoms with E-state index in [1.807, 2.05) is 42.7 Å². The number of carbonyl (C=O) groups is 1. The lowest BCUT2D eigenvalue weighted by Crippen LogP contribution is -2.50. The van der Waals surface area contributed by atoms with Gasteiger partial charge in [0.05, 0.1) is 24.6 Å². The van der Waals surface area contributed by atoms with Crippen molar-refractivity contribution in [1.29, 1.82) is 0 Å². The van der Waals surface area contributed by atoms with Gasteiger partial charge in [0.25, 0.3) is 5.91 Å². The number of β-amino-alcohol motifs (C(OH)–C–C–N with tert-alkyl or cyclic N) is 1. The highest BCUT2D eigenvalue weighted by Gasteiger charge is 2.23. The molecule has 8 nitrogen and oxygen atoms in total. The van der Waals surface area contributed by atoms with Crippen molar-refractivity contribution in [3.8, 4) is 11.4 Å². The summed E-state index contributed by atoms with van der Waals surface area (Å²) in [6.07, 6.45) is -0.654. The third-order valence-corrected chi connectivity index (χ3v) is 7.07. The Morgan fingerprint density at radius 1 is 1.00 bits per heavy atom. The maximum Gasteiger partial charge on any atom is 0.271 e. The Bertz CT molecular complexity index is 1230. The summed E-state index contributed by atoms with van der Waals surface area (Å²) in [6.45, 7) is 12.3. The number of carbonyl (C=O) groups excluding carboxylic acids is 1. The first kappa shape index (κ1) is 31.4. The zero-order chi connectivity index (χ0) is 25.8. The number of nitrogens with zero attached hydrogens (tertiary/aromatic N) is 4. The van der Waals surface area contributed by atoms with Crippen LogP contribution in [-0.2, 0) is 0 Å². The van der Waals surface area contributed by atoms with Gasteiger partial charge in [-0.15, -0.1) is 24.8 Å². The molecule has 1 atom stereocenters. The maximum absolute atomic E-state index is 12.9. The van der Waals surface area contributed by atoms with Crippen molar-refractivity contribution < 1.29 is 14.6 Å². The van der Waals surface area contributed by atoms with Crippen LogP contribution in [0.2, 0.25) is 0 Å². The van der Waals surface area contributed by atoms with Crippen LogP contribution in [0.4, 0.5) is 5.69 Å². The molecule has 1 fully saturated rings. The summed E-state index contributed by atoms with van der Waals surface area (Å²) in [6, 6.07) is 14.1. The van der Waals surface area contributed by atoms with Crippen LogP contribution in [0.25, 0.3) is 5.69 Å². The fourth-order valence-electron chi connectivity index (χ4n) is 4.93. The molecule has 0 radical (unpaired) electrons. The van der Waals surface area contributed by atoms with Gasteiger partial charge in [0.2, 0.25) is 0 Å². The number of ether oxygens (including phenoxy) is 1. The number of amides is 1. The minimum atomic E-state index is -0.654. The second kappa shape index (κ2) is 13.8. The first-order valence-corrected chi connectivity index (χ1v) is 12.5. The standard InChI is InChI=1S/C28H37N5O3.2ClH/c1-19-9-8-11-24(20(19)2)32-15-13-31(14-16-32)18-23(34)17-29-28(35)27-21(3)33(22(4)30-27)25-10-6-7-12-26(25)36-5;;/h6-12,23,34H,13-18H2,1-5H3,(H,29,35);2*1H. The summed E-state index contributed by atoms with van der Waals surface area (Å²) in [4.78, 5) is 22.1. The van der Waals surface area contributed by atoms with Crippen LogP contribution in [0.3, 0.4) is 0 Å². The van der Waals surface area contributed by atoms with E-state index in [2.05, 4.69) is 52.1 Å². The van der Waals surface area contributed by atoms with Crippen LogP contribution in [0.15, 0.2) is 42.5 Å². The van der Waals surface area contributed by atoms with Gasteiger partial charge >= 0.3 is 0 Å². The van der Waals surface area contributed by atoms with Crippen LogP contribution in [-0.4, -0.2) is 77.9 Å². The predicted octanol–water partition coefficient (Wildman–Crippen LogP) is 3.87. The van der Waals surface area contributed by atoms with Gasteiger partial charge in [-0.1, -0.05) is 24.3 Å². The summed E-state index contributed by atoms with van der Waals surface area (Å²) >= 11 is 0. The molecule has 1 aromatic heterocycles. The summed E-state index contributed by atoms with van der Waals surface area (Å²) in [5, 5.41) is 13.5. The Kier molecular flexibility index (Phi) is 11.5. The lowest BCUT2D eigenvalue weighted by atomic mass is 10.1. The Morgan fingerprint density at radius 3 is 2.34 bits per heavy atom. The topological polar surface area (TPSA) is 82.9 Å². The van der Waals surface area contributed by atoms with E-state index >= 15 is 0 Å². The molecule has 2 aromatic carbocycles. The molecule has 0 spiro atoms. The van der Waals surface area contributed by atoms with Crippen molar-refractivity contribution in [2.24, 2.45) is 0 Å². The Balaban J connectivity index is 0.00000253. The van der Waals surface area contributed by atoms with Crippen molar-refractivity contribution in [2.75, 3.05) is 51.3 Å². The van der Waals surface area contributed by atoms with E-state index in [0.29, 0.717) is 23.8 Å². The van der Waals surface area contributed by atoms with Crippen molar-refractivity contribution in [2.45, 2.75) is 33.8 Å². The number of anilines is 1. The molecule has 0 aliphatic carbocycles. The van der Waals surface area contributed by atoms with Crippen LogP contribution in [0.1, 0.15) is 33.1 Å². The van der Waals surface area contributed by atoms with E-state index < -0.39 is 6.10 Å². The van der Waals surface area contributed by atoms with Crippen LogP contribution < -0.4 is 15.0 Å². The quantitative estimate of drug-likeness (QED) is 0.433. The summed E-state index contributed by atoms with van der Waals surface area (Å²) in [7, 11) is 1.62. The summed E-state index contributed by atoms with van der Waals surface area (Å²) < 4.78 is 7.40. The highest BCUT2D eigenvalue weighted by atomic mass is 35.5. The number of hydrogen-bond donors (Lipinski definition) is 2. The Morgan fingerprint density at radius 2 is 1.66 bits per heavy atom. The molecular weight excluding hydrogens is 525 g/mol. The molecular formula is C28H39Cl2N5O3. The molecule has 2 N–H and O–H groups in total. The number of imidazole rings is 1. The minimum absolute atomic E-state index is 0. The molecule has 2 heterocycles. The van der Waals surface area contributed by atoms with E-state index in [1.54, 1.807) is 7.11 Å². The molecule has 1 aliphatic heterocycles. The van der Waals surface area contributed by atoms with Crippen molar-refractivity contribution >= 4 is 36.4 Å². The van der Waals surface area contributed by atoms with Crippen molar-refractivity contribution in [1.82, 2.24) is 19.8 Å². The number of aryl methyl sites for hydroxylation is 2. The minimum Gasteiger partial charge on any atom is -0.495 e. The molecule has 4 rings (SSSR count). The highest BCUT2D eigenvalue weighted by Crippen LogP contribution is 2.26. The number of aliphatic hydroxyl groups is 1. The average molecular weight is 565 g/mol. The van der Waals surface area contributed by atoms with E-state index in [9.17, 15) is 9.90 Å². The van der Waals surface area contributed by atoms with Gasteiger partial charge in [-0.25, -0.2) is 4.98 Å². The third kappa shape index (κ3) is 6.80. The van der Waals surface area contributed by atoms with Gasteiger partial charge in [0, 0.05) is 45.0 Å². The van der Waals surface area contributed by atoms with E-state index in [0.717, 1.165) is 37.6 Å². The molecule has 3 aromatic rings. The number of methoxy groups -OCH3 is 1. The number of piperazine rings is 1. The summed E-state index contributed by atoms with van der Waals surface area (Å²) in [5.74, 6) is 1.12. The second-order valence-corrected chi connectivity index (χ2v) is 9.47. The number of halogens is 2. The fourth-order valence-corrected chi connectivity index (χ4v) is 4.93. The van der Waals surface area contributed by atoms with Crippen LogP contribution >= 0.6 is 24.8 Å². The number of benzene rings is 2. The Labute approximate surface area is 237 Å². The van der Waals surface area contributed by atoms with Gasteiger partial charge in [-0.2, -0.15) is 0 Å². The largest absolute Gasteiger partial charge is 0.495 e. The number of para-hydroxylation sites is 2. The second-order valence-electron chi connectivity index (χ2n) is 9.47. The third-order valence-electron chi connectivity index (χ3n) is 7.07. The highest BCUT2D eigenvalue weighted by molar-refractivity contribution is 5.93. The maximum atomic E-state index is 12.9. The molecule has 0 bridgehead atoms. The van der Waals surface area contributed by atoms with Crippen molar-refractivity contribution in [3.05, 3.63) is 70.8 Å². The molecule has 0 saturated carbocycles. The predicted molar refractivity (Wildman–Crippen MR) is 157 cm³/mol. The van der Waals surface area contributed by atoms with Gasteiger partial charge in [0.1, 0.15) is 17.3 Å². The lowest BCUT2D eigenvalue weighted by molar-refractivity contribution is 0.0847. The first-order chi connectivity index (χ1) is 17.3. The van der Waals surface area contributed by atoms with E-state index in [1.165, 1.54) is 16.8 Å². The van der Waals surface area contributed by atoms with Crippen LogP contribution in [0.5, 0.6) is 5.75 Å². The molecule has 1 unspecified atom stereocenters. The monoisotopic (exact) mass is 563 g/mol. The number of aromatic nitrogens is 2. The van der Waals surface area contributed by atoms with Gasteiger partial charge in [0.15, 0.2) is 0 Å². The fraction of sp³-hybridized carbons (Fsp3) is 0.429. The lowest BCUT2D eigenvalue weighted by Gasteiger charge is -2.37. The van der Waals surface area contributed by atoms with E-state index in [4.69, 9.17) is 4.74 Å². The molecule has 208 valence electrons. The number of rotatable bonds is 8. The normalized spacial score (nSPS) is 14.3. The van der Waals surface area contributed by atoms with Gasteiger partial charge in [-0.3, -0.25) is 14.3 Å². The number of nitrogens with one attached hydrogen (secondary N) is 1. The average Bonchev–Trinajstić information content (AvgIpc) is 3.18. The first-order valence-electron chi connectivity index (χ1n) is 12.5.